The Hall–Kier alpha value is -5.73. The topological polar surface area (TPSA) is 232 Å². The zero-order chi connectivity index (χ0) is 41.9. The van der Waals surface area contributed by atoms with Gasteiger partial charge in [0.1, 0.15) is 12.4 Å². The first kappa shape index (κ1) is 45.0. The molecular weight excluding hydrogens is 775 g/mol. The van der Waals surface area contributed by atoms with Crippen LogP contribution in [0.15, 0.2) is 66.7 Å². The molecule has 1 aliphatic heterocycles. The molecule has 1 unspecified atom stereocenters. The average molecular weight is 824 g/mol. The van der Waals surface area contributed by atoms with Gasteiger partial charge in [0.2, 0.25) is 0 Å². The molecule has 19 heteroatoms. The highest BCUT2D eigenvalue weighted by Gasteiger charge is 2.27. The minimum Gasteiger partial charge on any atom is -0.480 e. The second-order valence-corrected chi connectivity index (χ2v) is 13.7. The van der Waals surface area contributed by atoms with Crippen LogP contribution in [0.3, 0.4) is 0 Å². The number of pyridine rings is 1. The van der Waals surface area contributed by atoms with Gasteiger partial charge in [-0.3, -0.25) is 38.9 Å². The van der Waals surface area contributed by atoms with Crippen molar-refractivity contribution in [2.45, 2.75) is 32.5 Å². The van der Waals surface area contributed by atoms with Crippen LogP contribution in [0.2, 0.25) is 0 Å². The minimum atomic E-state index is -1.05. The highest BCUT2D eigenvalue weighted by atomic mass is 32.1. The predicted molar refractivity (Wildman–Crippen MR) is 215 cm³/mol. The van der Waals surface area contributed by atoms with Crippen LogP contribution in [0.4, 0.5) is 10.5 Å². The van der Waals surface area contributed by atoms with Crippen molar-refractivity contribution in [3.05, 3.63) is 89.2 Å². The van der Waals surface area contributed by atoms with Gasteiger partial charge >= 0.3 is 24.1 Å². The molecule has 1 amide bonds. The van der Waals surface area contributed by atoms with Crippen molar-refractivity contribution in [1.82, 2.24) is 30.3 Å². The molecule has 0 fully saturated rings. The zero-order valence-corrected chi connectivity index (χ0v) is 32.9. The predicted octanol–water partition coefficient (Wildman–Crippen LogP) is 2.13. The van der Waals surface area contributed by atoms with Crippen molar-refractivity contribution in [1.29, 1.82) is 0 Å². The van der Waals surface area contributed by atoms with Gasteiger partial charge in [-0.15, -0.1) is 0 Å². The van der Waals surface area contributed by atoms with Crippen molar-refractivity contribution >= 4 is 53.0 Å². The number of carbonyl (C=O) groups excluding carboxylic acids is 2. The molecule has 2 aromatic carbocycles. The Morgan fingerprint density at radius 2 is 1.45 bits per heavy atom. The second-order valence-electron chi connectivity index (χ2n) is 13.3. The van der Waals surface area contributed by atoms with Crippen LogP contribution in [0.1, 0.15) is 34.2 Å². The Labute approximate surface area is 341 Å². The second kappa shape index (κ2) is 23.5. The first-order valence-electron chi connectivity index (χ1n) is 18.6. The van der Waals surface area contributed by atoms with E-state index in [1.807, 2.05) is 37.3 Å². The maximum absolute atomic E-state index is 12.1. The number of carboxylic acids is 3. The number of anilines is 1. The lowest BCUT2D eigenvalue weighted by atomic mass is 10.0. The highest BCUT2D eigenvalue weighted by Crippen LogP contribution is 2.19. The summed E-state index contributed by atoms with van der Waals surface area (Å²) >= 11 is 5.42. The molecule has 2 heterocycles. The van der Waals surface area contributed by atoms with Gasteiger partial charge in [-0.25, -0.2) is 4.79 Å². The molecule has 58 heavy (non-hydrogen) atoms. The number of aromatic nitrogens is 1. The van der Waals surface area contributed by atoms with Gasteiger partial charge in [0.05, 0.1) is 44.2 Å². The lowest BCUT2D eigenvalue weighted by Gasteiger charge is -2.36. The standard InChI is InChI=1S/C39H49N7O11S/c1-2-40-37(53)28-8-12-33(13-9-28)57-39(54)56-19-18-55-17-14-41-38(58)43-29-10-6-27(7-11-29)20-32-23-45(25-35(49)50)16-15-44(24-34(47)48)21-30-4-3-5-31(42-30)22-46(32)26-36(51)52/h3-13,32H,2,14-26H2,1H3,(H,40,53)(H,47,48)(H,49,50)(H,51,52)(H2,41,43,58). The summed E-state index contributed by atoms with van der Waals surface area (Å²) in [5, 5.41) is 38.3. The number of hydrogen-bond donors (Lipinski definition) is 6. The number of rotatable bonds is 18. The fourth-order valence-corrected chi connectivity index (χ4v) is 6.33. The number of amides is 1. The Morgan fingerprint density at radius 1 is 0.793 bits per heavy atom. The van der Waals surface area contributed by atoms with Crippen LogP contribution >= 0.6 is 12.2 Å². The maximum atomic E-state index is 12.1. The van der Waals surface area contributed by atoms with Crippen LogP contribution in [-0.2, 0) is 43.4 Å². The summed E-state index contributed by atoms with van der Waals surface area (Å²) in [6.07, 6.45) is -0.516. The summed E-state index contributed by atoms with van der Waals surface area (Å²) < 4.78 is 15.6. The smallest absolute Gasteiger partial charge is 0.480 e. The van der Waals surface area contributed by atoms with Crippen LogP contribution in [-0.4, -0.2) is 148 Å². The molecule has 6 N–H and O–H groups in total. The van der Waals surface area contributed by atoms with Crippen molar-refractivity contribution < 1.29 is 53.5 Å². The summed E-state index contributed by atoms with van der Waals surface area (Å²) in [7, 11) is 0. The number of thiocarbonyl (C=S) groups is 1. The fourth-order valence-electron chi connectivity index (χ4n) is 6.11. The first-order valence-corrected chi connectivity index (χ1v) is 19.0. The third kappa shape index (κ3) is 16.4. The molecule has 0 spiro atoms. The molecule has 312 valence electrons. The normalized spacial score (nSPS) is 15.2. The van der Waals surface area contributed by atoms with Crippen molar-refractivity contribution in [2.75, 3.05) is 77.5 Å². The number of nitrogens with one attached hydrogen (secondary N) is 3. The number of carbonyl (C=O) groups is 5. The quantitative estimate of drug-likeness (QED) is 0.0467. The van der Waals surface area contributed by atoms with Crippen molar-refractivity contribution in [3.63, 3.8) is 0 Å². The Morgan fingerprint density at radius 3 is 2.12 bits per heavy atom. The lowest BCUT2D eigenvalue weighted by Crippen LogP contribution is -2.50. The fraction of sp³-hybridized carbons (Fsp3) is 0.410. The molecule has 0 radical (unpaired) electrons. The number of aliphatic carboxylic acids is 3. The SMILES string of the molecule is CCNC(=O)c1ccc(OC(=O)OCCOCCNC(=S)Nc2ccc(CC3CN(CC(=O)O)CCN(CC(=O)O)Cc4cccc(n4)CN3CC(=O)O)cc2)cc1. The summed E-state index contributed by atoms with van der Waals surface area (Å²) in [6, 6.07) is 18.4. The molecule has 2 bridgehead atoms. The average Bonchev–Trinajstić information content (AvgIpc) is 3.16. The van der Waals surface area contributed by atoms with Gasteiger partial charge in [-0.05, 0) is 79.7 Å². The van der Waals surface area contributed by atoms with Crippen LogP contribution in [0, 0.1) is 0 Å². The number of carboxylic acid groups (broad SMARTS) is 3. The van der Waals surface area contributed by atoms with E-state index in [-0.39, 0.29) is 83.8 Å². The number of nitrogens with zero attached hydrogens (tertiary/aromatic N) is 4. The Kier molecular flexibility index (Phi) is 18.2. The highest BCUT2D eigenvalue weighted by molar-refractivity contribution is 7.80. The van der Waals surface area contributed by atoms with E-state index >= 15 is 0 Å². The van der Waals surface area contributed by atoms with Crippen molar-refractivity contribution in [3.8, 4) is 5.75 Å². The van der Waals surface area contributed by atoms with Gasteiger partial charge in [-0.1, -0.05) is 18.2 Å². The molecule has 1 aliphatic rings. The van der Waals surface area contributed by atoms with E-state index in [9.17, 15) is 39.3 Å². The van der Waals surface area contributed by atoms with Crippen LogP contribution < -0.4 is 20.7 Å². The molecule has 3 aromatic rings. The molecule has 1 atom stereocenters. The Bertz CT molecular complexity index is 1850. The molecule has 18 nitrogen and oxygen atoms in total. The molecular formula is C39H49N7O11S. The van der Waals surface area contributed by atoms with E-state index in [0.717, 1.165) is 5.56 Å². The number of ether oxygens (including phenoxy) is 3. The van der Waals surface area contributed by atoms with Crippen LogP contribution in [0.5, 0.6) is 5.75 Å². The molecule has 0 aliphatic carbocycles. The van der Waals surface area contributed by atoms with Crippen LogP contribution in [0.25, 0.3) is 0 Å². The van der Waals surface area contributed by atoms with Gasteiger partial charge in [0.25, 0.3) is 5.91 Å². The van der Waals surface area contributed by atoms with Gasteiger partial charge in [0, 0.05) is 63.1 Å². The molecule has 0 saturated carbocycles. The van der Waals surface area contributed by atoms with E-state index in [4.69, 9.17) is 31.4 Å². The number of benzene rings is 2. The summed E-state index contributed by atoms with van der Waals surface area (Å²) in [5.41, 5.74) is 3.25. The van der Waals surface area contributed by atoms with E-state index in [2.05, 4.69) is 16.0 Å². The third-order valence-electron chi connectivity index (χ3n) is 8.71. The molecule has 0 saturated heterocycles. The van der Waals surface area contributed by atoms with Gasteiger partial charge in [-0.2, -0.15) is 0 Å². The monoisotopic (exact) mass is 823 g/mol. The molecule has 1 aromatic heterocycles. The van der Waals surface area contributed by atoms with E-state index < -0.39 is 30.1 Å². The largest absolute Gasteiger partial charge is 0.513 e. The maximum Gasteiger partial charge on any atom is 0.513 e. The summed E-state index contributed by atoms with van der Waals surface area (Å²) in [5.74, 6) is -3.09. The minimum absolute atomic E-state index is 0.0349. The lowest BCUT2D eigenvalue weighted by molar-refractivity contribution is -0.141. The Balaban J connectivity index is 1.27. The van der Waals surface area contributed by atoms with Gasteiger partial charge in [0.15, 0.2) is 5.11 Å². The third-order valence-corrected chi connectivity index (χ3v) is 8.95. The number of fused-ring (bicyclic) bond motifs is 2. The van der Waals surface area contributed by atoms with Crippen molar-refractivity contribution in [2.24, 2.45) is 0 Å². The zero-order valence-electron chi connectivity index (χ0n) is 32.1. The number of hydrogen-bond acceptors (Lipinski definition) is 13. The summed E-state index contributed by atoms with van der Waals surface area (Å²) in [6.45, 7) is 3.34. The first-order chi connectivity index (χ1) is 27.9. The van der Waals surface area contributed by atoms with E-state index in [1.165, 1.54) is 12.1 Å². The van der Waals surface area contributed by atoms with Gasteiger partial charge < -0.3 is 45.5 Å². The molecule has 4 rings (SSSR count). The van der Waals surface area contributed by atoms with E-state index in [1.54, 1.807) is 39.0 Å². The summed E-state index contributed by atoms with van der Waals surface area (Å²) in [4.78, 5) is 69.3. The van der Waals surface area contributed by atoms with E-state index in [0.29, 0.717) is 47.3 Å².